The Morgan fingerprint density at radius 1 is 1.04 bits per heavy atom. The van der Waals surface area contributed by atoms with Crippen molar-refractivity contribution >= 4 is 27.6 Å². The fourth-order valence-corrected chi connectivity index (χ4v) is 3.27. The van der Waals surface area contributed by atoms with Crippen molar-refractivity contribution in [2.75, 3.05) is 6.61 Å². The summed E-state index contributed by atoms with van der Waals surface area (Å²) in [5.41, 5.74) is 1.72. The Morgan fingerprint density at radius 2 is 1.81 bits per heavy atom. The number of rotatable bonds is 5. The monoisotopic (exact) mass is 359 g/mol. The highest BCUT2D eigenvalue weighted by molar-refractivity contribution is 6.08. The molecule has 0 spiro atoms. The van der Waals surface area contributed by atoms with E-state index in [9.17, 15) is 4.79 Å². The number of carbonyl (C=O) groups is 1. The van der Waals surface area contributed by atoms with Crippen LogP contribution in [0.5, 0.6) is 5.75 Å². The minimum absolute atomic E-state index is 0.141. The predicted molar refractivity (Wildman–Crippen MR) is 107 cm³/mol. The third-order valence-corrected chi connectivity index (χ3v) is 4.69. The molecule has 0 aliphatic carbocycles. The molecule has 4 rings (SSSR count). The van der Waals surface area contributed by atoms with Gasteiger partial charge in [0.1, 0.15) is 11.3 Å². The first-order valence-electron chi connectivity index (χ1n) is 9.10. The zero-order chi connectivity index (χ0) is 18.8. The summed E-state index contributed by atoms with van der Waals surface area (Å²) < 4.78 is 11.3. The van der Waals surface area contributed by atoms with Gasteiger partial charge in [0, 0.05) is 5.39 Å². The molecular weight excluding hydrogens is 338 g/mol. The summed E-state index contributed by atoms with van der Waals surface area (Å²) in [4.78, 5) is 12.7. The molecule has 1 N–H and O–H groups in total. The molecular formula is C23H21NO3. The van der Waals surface area contributed by atoms with E-state index in [-0.39, 0.29) is 11.9 Å². The van der Waals surface area contributed by atoms with Gasteiger partial charge in [-0.3, -0.25) is 4.79 Å². The fourth-order valence-electron chi connectivity index (χ4n) is 3.27. The van der Waals surface area contributed by atoms with E-state index in [1.54, 1.807) is 0 Å². The summed E-state index contributed by atoms with van der Waals surface area (Å²) in [6, 6.07) is 21.4. The average Bonchev–Trinajstić information content (AvgIpc) is 3.14. The highest BCUT2D eigenvalue weighted by Gasteiger charge is 2.17. The Balaban J connectivity index is 1.56. The molecule has 4 aromatic rings. The fraction of sp³-hybridized carbons (Fsp3) is 0.174. The van der Waals surface area contributed by atoms with Gasteiger partial charge < -0.3 is 14.5 Å². The third kappa shape index (κ3) is 3.38. The molecule has 4 heteroatoms. The minimum Gasteiger partial charge on any atom is -0.494 e. The van der Waals surface area contributed by atoms with Crippen LogP contribution in [0.1, 0.15) is 36.0 Å². The van der Waals surface area contributed by atoms with E-state index in [1.165, 1.54) is 0 Å². The van der Waals surface area contributed by atoms with Gasteiger partial charge in [0.05, 0.1) is 12.6 Å². The van der Waals surface area contributed by atoms with Crippen LogP contribution in [0, 0.1) is 0 Å². The molecule has 0 aliphatic rings. The van der Waals surface area contributed by atoms with Crippen molar-refractivity contribution in [1.29, 1.82) is 0 Å². The van der Waals surface area contributed by atoms with Gasteiger partial charge in [-0.1, -0.05) is 42.5 Å². The summed E-state index contributed by atoms with van der Waals surface area (Å²) in [7, 11) is 0. The molecule has 1 aromatic heterocycles. The SMILES string of the molecule is CCOc1ccc([C@H](C)NC(=O)c2cc3c(ccc4ccccc43)o2)cc1. The number of ether oxygens (including phenoxy) is 1. The molecule has 1 amide bonds. The van der Waals surface area contributed by atoms with Crippen molar-refractivity contribution in [3.8, 4) is 5.75 Å². The van der Waals surface area contributed by atoms with Crippen LogP contribution in [0.15, 0.2) is 71.1 Å². The second-order valence-corrected chi connectivity index (χ2v) is 6.51. The molecule has 0 bridgehead atoms. The van der Waals surface area contributed by atoms with E-state index >= 15 is 0 Å². The number of furan rings is 1. The molecule has 0 saturated carbocycles. The minimum atomic E-state index is -0.225. The lowest BCUT2D eigenvalue weighted by Crippen LogP contribution is -2.26. The summed E-state index contributed by atoms with van der Waals surface area (Å²) in [5.74, 6) is 0.916. The molecule has 0 unspecified atom stereocenters. The molecule has 0 radical (unpaired) electrons. The topological polar surface area (TPSA) is 51.5 Å². The van der Waals surface area contributed by atoms with Crippen LogP contribution in [-0.4, -0.2) is 12.5 Å². The number of hydrogen-bond donors (Lipinski definition) is 1. The molecule has 0 saturated heterocycles. The third-order valence-electron chi connectivity index (χ3n) is 4.69. The Kier molecular flexibility index (Phi) is 4.55. The summed E-state index contributed by atoms with van der Waals surface area (Å²) in [6.45, 7) is 4.53. The highest BCUT2D eigenvalue weighted by Crippen LogP contribution is 2.28. The maximum absolute atomic E-state index is 12.7. The summed E-state index contributed by atoms with van der Waals surface area (Å²) >= 11 is 0. The zero-order valence-electron chi connectivity index (χ0n) is 15.4. The first-order valence-corrected chi connectivity index (χ1v) is 9.10. The smallest absolute Gasteiger partial charge is 0.287 e. The number of amides is 1. The van der Waals surface area contributed by atoms with E-state index in [2.05, 4.69) is 11.4 Å². The quantitative estimate of drug-likeness (QED) is 0.514. The van der Waals surface area contributed by atoms with Crippen LogP contribution in [-0.2, 0) is 0 Å². The van der Waals surface area contributed by atoms with Gasteiger partial charge in [-0.25, -0.2) is 0 Å². The van der Waals surface area contributed by atoms with Gasteiger partial charge in [0.2, 0.25) is 0 Å². The Labute approximate surface area is 157 Å². The molecule has 0 fully saturated rings. The van der Waals surface area contributed by atoms with E-state index in [1.807, 2.05) is 74.5 Å². The van der Waals surface area contributed by atoms with Crippen molar-refractivity contribution < 1.29 is 13.9 Å². The largest absolute Gasteiger partial charge is 0.494 e. The number of benzene rings is 3. The van der Waals surface area contributed by atoms with Crippen LogP contribution in [0.3, 0.4) is 0 Å². The Bertz CT molecular complexity index is 1100. The van der Waals surface area contributed by atoms with Crippen LogP contribution in [0.2, 0.25) is 0 Å². The lowest BCUT2D eigenvalue weighted by molar-refractivity contribution is 0.0914. The average molecular weight is 359 g/mol. The summed E-state index contributed by atoms with van der Waals surface area (Å²) in [6.07, 6.45) is 0. The normalized spacial score (nSPS) is 12.2. The Morgan fingerprint density at radius 3 is 2.59 bits per heavy atom. The summed E-state index contributed by atoms with van der Waals surface area (Å²) in [5, 5.41) is 6.16. The van der Waals surface area contributed by atoms with E-state index in [4.69, 9.17) is 9.15 Å². The number of hydrogen-bond acceptors (Lipinski definition) is 3. The number of fused-ring (bicyclic) bond motifs is 3. The second kappa shape index (κ2) is 7.16. The maximum Gasteiger partial charge on any atom is 0.287 e. The highest BCUT2D eigenvalue weighted by atomic mass is 16.5. The first-order chi connectivity index (χ1) is 13.2. The van der Waals surface area contributed by atoms with Gasteiger partial charge in [0.15, 0.2) is 5.76 Å². The van der Waals surface area contributed by atoms with E-state index in [0.717, 1.165) is 27.5 Å². The van der Waals surface area contributed by atoms with Gasteiger partial charge in [-0.15, -0.1) is 0 Å². The van der Waals surface area contributed by atoms with Crippen LogP contribution in [0.25, 0.3) is 21.7 Å². The van der Waals surface area contributed by atoms with Crippen LogP contribution < -0.4 is 10.1 Å². The zero-order valence-corrected chi connectivity index (χ0v) is 15.4. The van der Waals surface area contributed by atoms with Crippen molar-refractivity contribution in [2.45, 2.75) is 19.9 Å². The molecule has 0 aliphatic heterocycles. The van der Waals surface area contributed by atoms with Gasteiger partial charge >= 0.3 is 0 Å². The van der Waals surface area contributed by atoms with Crippen molar-refractivity contribution in [2.24, 2.45) is 0 Å². The van der Waals surface area contributed by atoms with Gasteiger partial charge in [-0.05, 0) is 54.4 Å². The number of nitrogens with one attached hydrogen (secondary N) is 1. The second-order valence-electron chi connectivity index (χ2n) is 6.51. The molecule has 1 heterocycles. The lowest BCUT2D eigenvalue weighted by Gasteiger charge is -2.14. The molecule has 4 nitrogen and oxygen atoms in total. The molecule has 1 atom stereocenters. The van der Waals surface area contributed by atoms with E-state index in [0.29, 0.717) is 18.0 Å². The standard InChI is InChI=1S/C23H21NO3/c1-3-26-18-11-8-16(9-12-18)15(2)24-23(25)22-14-20-19-7-5-4-6-17(19)10-13-21(20)27-22/h4-15H,3H2,1-2H3,(H,24,25)/t15-/m0/s1. The van der Waals surface area contributed by atoms with Gasteiger partial charge in [-0.2, -0.15) is 0 Å². The maximum atomic E-state index is 12.7. The number of carbonyl (C=O) groups excluding carboxylic acids is 1. The van der Waals surface area contributed by atoms with Crippen molar-refractivity contribution in [1.82, 2.24) is 5.32 Å². The van der Waals surface area contributed by atoms with Crippen LogP contribution in [0.4, 0.5) is 0 Å². The van der Waals surface area contributed by atoms with E-state index < -0.39 is 0 Å². The van der Waals surface area contributed by atoms with Crippen molar-refractivity contribution in [3.05, 3.63) is 78.1 Å². The Hall–Kier alpha value is -3.27. The molecule has 27 heavy (non-hydrogen) atoms. The lowest BCUT2D eigenvalue weighted by atomic mass is 10.1. The van der Waals surface area contributed by atoms with Gasteiger partial charge in [0.25, 0.3) is 5.91 Å². The molecule has 3 aromatic carbocycles. The molecule has 136 valence electrons. The first kappa shape index (κ1) is 17.2. The van der Waals surface area contributed by atoms with Crippen LogP contribution >= 0.6 is 0 Å². The van der Waals surface area contributed by atoms with Crippen molar-refractivity contribution in [3.63, 3.8) is 0 Å². The predicted octanol–water partition coefficient (Wildman–Crippen LogP) is 5.48.